The van der Waals surface area contributed by atoms with Gasteiger partial charge in [0.2, 0.25) is 0 Å². The normalized spacial score (nSPS) is 9.08. The number of hydrogen-bond donors (Lipinski definition) is 0. The number of rotatable bonds is 2. The summed E-state index contributed by atoms with van der Waals surface area (Å²) in [6.07, 6.45) is 1.37. The molecule has 0 radical (unpaired) electrons. The third kappa shape index (κ3) is 1.51. The molecule has 0 unspecified atom stereocenters. The van der Waals surface area contributed by atoms with Gasteiger partial charge < -0.3 is 4.74 Å². The van der Waals surface area contributed by atoms with E-state index < -0.39 is 5.82 Å². The standard InChI is InChI=1S/C8H7FN2O/c1-12-7-3-5-11-6(2-4-10)8(7)9/h3,5H,2H2,1H3. The molecule has 4 heteroatoms. The molecule has 12 heavy (non-hydrogen) atoms. The fourth-order valence-electron chi connectivity index (χ4n) is 0.823. The van der Waals surface area contributed by atoms with E-state index in [0.29, 0.717) is 0 Å². The average Bonchev–Trinajstić information content (AvgIpc) is 2.09. The van der Waals surface area contributed by atoms with Gasteiger partial charge in [-0.15, -0.1) is 0 Å². The summed E-state index contributed by atoms with van der Waals surface area (Å²) in [5.74, 6) is -0.434. The van der Waals surface area contributed by atoms with E-state index in [1.807, 2.05) is 6.07 Å². The van der Waals surface area contributed by atoms with Crippen LogP contribution in [-0.2, 0) is 6.42 Å². The number of halogens is 1. The Balaban J connectivity index is 3.07. The maximum atomic E-state index is 13.1. The minimum atomic E-state index is -0.554. The zero-order chi connectivity index (χ0) is 8.97. The lowest BCUT2D eigenvalue weighted by Gasteiger charge is -2.02. The first kappa shape index (κ1) is 8.47. The minimum absolute atomic E-state index is 0.0387. The van der Waals surface area contributed by atoms with Crippen LogP contribution in [0.15, 0.2) is 12.3 Å². The van der Waals surface area contributed by atoms with Gasteiger partial charge in [-0.25, -0.2) is 4.39 Å². The van der Waals surface area contributed by atoms with Crippen LogP contribution in [-0.4, -0.2) is 12.1 Å². The second kappa shape index (κ2) is 3.67. The quantitative estimate of drug-likeness (QED) is 0.665. The van der Waals surface area contributed by atoms with Gasteiger partial charge in [-0.1, -0.05) is 0 Å². The van der Waals surface area contributed by atoms with Crippen LogP contribution in [0.5, 0.6) is 5.75 Å². The molecule has 0 aromatic carbocycles. The Bertz CT molecular complexity index is 319. The van der Waals surface area contributed by atoms with Crippen molar-refractivity contribution in [2.45, 2.75) is 6.42 Å². The van der Waals surface area contributed by atoms with Crippen molar-refractivity contribution in [3.05, 3.63) is 23.8 Å². The van der Waals surface area contributed by atoms with E-state index in [4.69, 9.17) is 10.00 Å². The Morgan fingerprint density at radius 2 is 2.50 bits per heavy atom. The summed E-state index contributed by atoms with van der Waals surface area (Å²) < 4.78 is 17.8. The van der Waals surface area contributed by atoms with Crippen molar-refractivity contribution in [3.8, 4) is 11.8 Å². The van der Waals surface area contributed by atoms with Gasteiger partial charge in [0.1, 0.15) is 0 Å². The monoisotopic (exact) mass is 166 g/mol. The maximum Gasteiger partial charge on any atom is 0.187 e. The lowest BCUT2D eigenvalue weighted by atomic mass is 10.2. The highest BCUT2D eigenvalue weighted by molar-refractivity contribution is 5.26. The average molecular weight is 166 g/mol. The van der Waals surface area contributed by atoms with Gasteiger partial charge in [0.25, 0.3) is 0 Å². The molecule has 62 valence electrons. The van der Waals surface area contributed by atoms with Crippen LogP contribution < -0.4 is 4.74 Å². The van der Waals surface area contributed by atoms with E-state index in [0.717, 1.165) is 0 Å². The summed E-state index contributed by atoms with van der Waals surface area (Å²) in [7, 11) is 1.37. The van der Waals surface area contributed by atoms with Crippen LogP contribution in [0.3, 0.4) is 0 Å². The third-order valence-corrected chi connectivity index (χ3v) is 1.39. The maximum absolute atomic E-state index is 13.1. The molecule has 0 aliphatic heterocycles. The number of ether oxygens (including phenoxy) is 1. The number of aromatic nitrogens is 1. The molecule has 0 spiro atoms. The summed E-state index contributed by atoms with van der Waals surface area (Å²) in [4.78, 5) is 3.70. The van der Waals surface area contributed by atoms with Crippen LogP contribution >= 0.6 is 0 Å². The first-order chi connectivity index (χ1) is 5.79. The van der Waals surface area contributed by atoms with Gasteiger partial charge in [0.15, 0.2) is 11.6 Å². The fourth-order valence-corrected chi connectivity index (χ4v) is 0.823. The van der Waals surface area contributed by atoms with Gasteiger partial charge in [0.05, 0.1) is 25.3 Å². The van der Waals surface area contributed by atoms with Crippen molar-refractivity contribution in [1.29, 1.82) is 5.26 Å². The van der Waals surface area contributed by atoms with Gasteiger partial charge in [-0.3, -0.25) is 4.98 Å². The zero-order valence-electron chi connectivity index (χ0n) is 6.54. The molecule has 1 aromatic heterocycles. The number of hydrogen-bond acceptors (Lipinski definition) is 3. The molecular weight excluding hydrogens is 159 g/mol. The van der Waals surface area contributed by atoms with Crippen molar-refractivity contribution >= 4 is 0 Å². The molecule has 0 bridgehead atoms. The van der Waals surface area contributed by atoms with Crippen molar-refractivity contribution in [3.63, 3.8) is 0 Å². The van der Waals surface area contributed by atoms with Crippen LogP contribution in [0.2, 0.25) is 0 Å². The first-order valence-corrected chi connectivity index (χ1v) is 3.34. The summed E-state index contributed by atoms with van der Waals surface area (Å²) >= 11 is 0. The molecule has 3 nitrogen and oxygen atoms in total. The van der Waals surface area contributed by atoms with Crippen molar-refractivity contribution in [2.75, 3.05) is 7.11 Å². The summed E-state index contributed by atoms with van der Waals surface area (Å²) in [6, 6.07) is 3.23. The smallest absolute Gasteiger partial charge is 0.187 e. The Labute approximate surface area is 69.4 Å². The second-order valence-corrected chi connectivity index (χ2v) is 2.11. The van der Waals surface area contributed by atoms with Crippen LogP contribution in [0.4, 0.5) is 4.39 Å². The highest BCUT2D eigenvalue weighted by atomic mass is 19.1. The molecule has 0 fully saturated rings. The lowest BCUT2D eigenvalue weighted by Crippen LogP contribution is -1.96. The first-order valence-electron chi connectivity index (χ1n) is 3.34. The van der Waals surface area contributed by atoms with Crippen molar-refractivity contribution in [1.82, 2.24) is 4.98 Å². The molecule has 0 saturated heterocycles. The van der Waals surface area contributed by atoms with Gasteiger partial charge >= 0.3 is 0 Å². The summed E-state index contributed by atoms with van der Waals surface area (Å²) in [5, 5.41) is 8.31. The molecule has 1 heterocycles. The highest BCUT2D eigenvalue weighted by Crippen LogP contribution is 2.17. The Hall–Kier alpha value is -1.63. The molecule has 0 saturated carbocycles. The topological polar surface area (TPSA) is 45.9 Å². The van der Waals surface area contributed by atoms with E-state index >= 15 is 0 Å². The van der Waals surface area contributed by atoms with E-state index in [1.165, 1.54) is 19.4 Å². The molecule has 1 rings (SSSR count). The Morgan fingerprint density at radius 1 is 1.75 bits per heavy atom. The van der Waals surface area contributed by atoms with Crippen LogP contribution in [0, 0.1) is 17.1 Å². The summed E-state index contributed by atoms with van der Waals surface area (Å²) in [6.45, 7) is 0. The number of nitriles is 1. The largest absolute Gasteiger partial charge is 0.494 e. The zero-order valence-corrected chi connectivity index (χ0v) is 6.54. The fraction of sp³-hybridized carbons (Fsp3) is 0.250. The lowest BCUT2D eigenvalue weighted by molar-refractivity contribution is 0.383. The molecule has 0 N–H and O–H groups in total. The molecular formula is C8H7FN2O. The second-order valence-electron chi connectivity index (χ2n) is 2.11. The Morgan fingerprint density at radius 3 is 3.08 bits per heavy atom. The molecule has 0 amide bonds. The Kier molecular flexibility index (Phi) is 2.59. The van der Waals surface area contributed by atoms with Gasteiger partial charge in [0, 0.05) is 12.3 Å². The molecule has 0 aliphatic carbocycles. The van der Waals surface area contributed by atoms with E-state index in [-0.39, 0.29) is 17.9 Å². The van der Waals surface area contributed by atoms with E-state index in [9.17, 15) is 4.39 Å². The van der Waals surface area contributed by atoms with E-state index in [2.05, 4.69) is 4.98 Å². The third-order valence-electron chi connectivity index (χ3n) is 1.39. The minimum Gasteiger partial charge on any atom is -0.494 e. The SMILES string of the molecule is COc1ccnc(CC#N)c1F. The van der Waals surface area contributed by atoms with Crippen molar-refractivity contribution in [2.24, 2.45) is 0 Å². The molecule has 0 atom stereocenters. The highest BCUT2D eigenvalue weighted by Gasteiger charge is 2.08. The predicted molar refractivity (Wildman–Crippen MR) is 40.1 cm³/mol. The number of pyridine rings is 1. The molecule has 1 aromatic rings. The van der Waals surface area contributed by atoms with Crippen LogP contribution in [0.1, 0.15) is 5.69 Å². The number of nitrogens with zero attached hydrogens (tertiary/aromatic N) is 2. The number of methoxy groups -OCH3 is 1. The molecule has 0 aliphatic rings. The van der Waals surface area contributed by atoms with Gasteiger partial charge in [-0.05, 0) is 0 Å². The van der Waals surface area contributed by atoms with Crippen molar-refractivity contribution < 1.29 is 9.13 Å². The van der Waals surface area contributed by atoms with E-state index in [1.54, 1.807) is 0 Å². The van der Waals surface area contributed by atoms with Gasteiger partial charge in [-0.2, -0.15) is 5.26 Å². The summed E-state index contributed by atoms with van der Waals surface area (Å²) in [5.41, 5.74) is 0.122. The van der Waals surface area contributed by atoms with Crippen LogP contribution in [0.25, 0.3) is 0 Å². The predicted octanol–water partition coefficient (Wildman–Crippen LogP) is 1.30.